The second kappa shape index (κ2) is 6.05. The van der Waals surface area contributed by atoms with Crippen molar-refractivity contribution in [3.05, 3.63) is 29.8 Å². The largest absolute Gasteiger partial charge is 0.508 e. The quantitative estimate of drug-likeness (QED) is 0.717. The summed E-state index contributed by atoms with van der Waals surface area (Å²) in [5.74, 6) is -1.37. The predicted molar refractivity (Wildman–Crippen MR) is 69.4 cm³/mol. The second-order valence-corrected chi connectivity index (χ2v) is 4.35. The van der Waals surface area contributed by atoms with Crippen LogP contribution in [-0.4, -0.2) is 40.4 Å². The standard InChI is InChI=1S/C13H14N2O5/c16-9-3-1-8(2-4-9)5-6-14-12(17)11-7-10(13(18)19)15-20-11/h1-4,11,16H,5-7H2,(H,14,17)(H,18,19). The van der Waals surface area contributed by atoms with E-state index in [1.54, 1.807) is 24.3 Å². The molecule has 7 nitrogen and oxygen atoms in total. The van der Waals surface area contributed by atoms with Gasteiger partial charge < -0.3 is 20.4 Å². The lowest BCUT2D eigenvalue weighted by molar-refractivity contribution is -0.131. The summed E-state index contributed by atoms with van der Waals surface area (Å²) < 4.78 is 0. The molecule has 1 aliphatic heterocycles. The molecule has 0 radical (unpaired) electrons. The zero-order chi connectivity index (χ0) is 14.5. The number of rotatable bonds is 5. The molecular weight excluding hydrogens is 264 g/mol. The van der Waals surface area contributed by atoms with Gasteiger partial charge in [0.2, 0.25) is 6.10 Å². The van der Waals surface area contributed by atoms with Gasteiger partial charge in [0.25, 0.3) is 5.91 Å². The number of carboxylic acids is 1. The van der Waals surface area contributed by atoms with Crippen LogP contribution in [0.2, 0.25) is 0 Å². The maximum atomic E-state index is 11.7. The number of carboxylic acid groups (broad SMARTS) is 1. The number of aliphatic carboxylic acids is 1. The number of oxime groups is 1. The van der Waals surface area contributed by atoms with Crippen molar-refractivity contribution >= 4 is 17.6 Å². The van der Waals surface area contributed by atoms with E-state index < -0.39 is 12.1 Å². The van der Waals surface area contributed by atoms with Crippen LogP contribution in [0.15, 0.2) is 29.4 Å². The number of amides is 1. The Balaban J connectivity index is 1.74. The van der Waals surface area contributed by atoms with Crippen LogP contribution < -0.4 is 5.32 Å². The molecule has 1 heterocycles. The highest BCUT2D eigenvalue weighted by Gasteiger charge is 2.31. The van der Waals surface area contributed by atoms with E-state index in [9.17, 15) is 9.59 Å². The van der Waals surface area contributed by atoms with Crippen molar-refractivity contribution in [3.63, 3.8) is 0 Å². The third-order valence-corrected chi connectivity index (χ3v) is 2.86. The monoisotopic (exact) mass is 278 g/mol. The summed E-state index contributed by atoms with van der Waals surface area (Å²) in [5.41, 5.74) is 0.821. The number of benzene rings is 1. The molecule has 0 bridgehead atoms. The number of nitrogens with one attached hydrogen (secondary N) is 1. The number of nitrogens with zero attached hydrogens (tertiary/aromatic N) is 1. The lowest BCUT2D eigenvalue weighted by Gasteiger charge is -2.09. The van der Waals surface area contributed by atoms with Crippen LogP contribution in [0, 0.1) is 0 Å². The molecular formula is C13H14N2O5. The van der Waals surface area contributed by atoms with Crippen LogP contribution in [0.5, 0.6) is 5.75 Å². The first-order chi connectivity index (χ1) is 9.56. The van der Waals surface area contributed by atoms with Gasteiger partial charge in [-0.1, -0.05) is 17.3 Å². The van der Waals surface area contributed by atoms with E-state index in [4.69, 9.17) is 15.1 Å². The minimum absolute atomic E-state index is 0.0274. The summed E-state index contributed by atoms with van der Waals surface area (Å²) in [6, 6.07) is 6.67. The first kappa shape index (κ1) is 13.9. The van der Waals surface area contributed by atoms with Crippen LogP contribution in [0.1, 0.15) is 12.0 Å². The van der Waals surface area contributed by atoms with Gasteiger partial charge >= 0.3 is 5.97 Å². The lowest BCUT2D eigenvalue weighted by atomic mass is 10.1. The van der Waals surface area contributed by atoms with E-state index >= 15 is 0 Å². The molecule has 0 saturated heterocycles. The van der Waals surface area contributed by atoms with Gasteiger partial charge in [0, 0.05) is 13.0 Å². The van der Waals surface area contributed by atoms with Crippen molar-refractivity contribution < 1.29 is 24.6 Å². The average molecular weight is 278 g/mol. The first-order valence-corrected chi connectivity index (χ1v) is 6.08. The van der Waals surface area contributed by atoms with E-state index in [0.29, 0.717) is 13.0 Å². The summed E-state index contributed by atoms with van der Waals surface area (Å²) in [6.45, 7) is 0.395. The van der Waals surface area contributed by atoms with Gasteiger partial charge in [-0.15, -0.1) is 0 Å². The Bertz CT molecular complexity index is 538. The number of hydrogen-bond acceptors (Lipinski definition) is 5. The van der Waals surface area contributed by atoms with Crippen LogP contribution in [0.4, 0.5) is 0 Å². The predicted octanol–water partition coefficient (Wildman–Crippen LogP) is 0.280. The van der Waals surface area contributed by atoms with Gasteiger partial charge in [0.1, 0.15) is 5.75 Å². The molecule has 0 aromatic heterocycles. The minimum Gasteiger partial charge on any atom is -0.508 e. The number of aromatic hydroxyl groups is 1. The molecule has 3 N–H and O–H groups in total. The van der Waals surface area contributed by atoms with E-state index in [1.807, 2.05) is 0 Å². The number of phenolic OH excluding ortho intramolecular Hbond substituents is 1. The van der Waals surface area contributed by atoms with Crippen molar-refractivity contribution in [1.82, 2.24) is 5.32 Å². The molecule has 1 unspecified atom stereocenters. The Hall–Kier alpha value is -2.57. The van der Waals surface area contributed by atoms with Crippen molar-refractivity contribution in [2.75, 3.05) is 6.54 Å². The van der Waals surface area contributed by atoms with Crippen LogP contribution in [0.3, 0.4) is 0 Å². The molecule has 1 aromatic rings. The number of carbonyl (C=O) groups excluding carboxylic acids is 1. The third-order valence-electron chi connectivity index (χ3n) is 2.86. The molecule has 20 heavy (non-hydrogen) atoms. The van der Waals surface area contributed by atoms with Crippen LogP contribution in [0.25, 0.3) is 0 Å². The lowest BCUT2D eigenvalue weighted by Crippen LogP contribution is -2.36. The van der Waals surface area contributed by atoms with Gasteiger partial charge in [-0.25, -0.2) is 4.79 Å². The molecule has 106 valence electrons. The summed E-state index contributed by atoms with van der Waals surface area (Å²) in [4.78, 5) is 27.1. The molecule has 1 amide bonds. The first-order valence-electron chi connectivity index (χ1n) is 6.08. The molecule has 7 heteroatoms. The zero-order valence-corrected chi connectivity index (χ0v) is 10.6. The fourth-order valence-corrected chi connectivity index (χ4v) is 1.75. The van der Waals surface area contributed by atoms with Crippen LogP contribution in [-0.2, 0) is 20.8 Å². The smallest absolute Gasteiger partial charge is 0.353 e. The molecule has 1 aromatic carbocycles. The molecule has 0 saturated carbocycles. The number of hydrogen-bond donors (Lipinski definition) is 3. The van der Waals surface area contributed by atoms with E-state index in [2.05, 4.69) is 10.5 Å². The number of carbonyl (C=O) groups is 2. The van der Waals surface area contributed by atoms with Gasteiger partial charge in [0.15, 0.2) is 5.71 Å². The maximum Gasteiger partial charge on any atom is 0.353 e. The van der Waals surface area contributed by atoms with Crippen LogP contribution >= 0.6 is 0 Å². The fraction of sp³-hybridized carbons (Fsp3) is 0.308. The Morgan fingerprint density at radius 2 is 2.05 bits per heavy atom. The van der Waals surface area contributed by atoms with Gasteiger partial charge in [-0.3, -0.25) is 4.79 Å². The van der Waals surface area contributed by atoms with E-state index in [-0.39, 0.29) is 23.8 Å². The topological polar surface area (TPSA) is 108 Å². The average Bonchev–Trinajstić information content (AvgIpc) is 2.91. The van der Waals surface area contributed by atoms with Gasteiger partial charge in [-0.2, -0.15) is 0 Å². The third kappa shape index (κ3) is 3.47. The summed E-state index contributed by atoms with van der Waals surface area (Å²) in [7, 11) is 0. The van der Waals surface area contributed by atoms with Crippen molar-refractivity contribution in [3.8, 4) is 5.75 Å². The van der Waals surface area contributed by atoms with Crippen molar-refractivity contribution in [2.45, 2.75) is 18.9 Å². The Kier molecular flexibility index (Phi) is 4.19. The highest BCUT2D eigenvalue weighted by molar-refractivity contribution is 6.36. The normalized spacial score (nSPS) is 17.2. The molecule has 1 atom stereocenters. The Labute approximate surface area is 114 Å². The summed E-state index contributed by atoms with van der Waals surface area (Å²) in [6.07, 6.45) is -0.299. The fourth-order valence-electron chi connectivity index (χ4n) is 1.75. The van der Waals surface area contributed by atoms with Crippen molar-refractivity contribution in [2.24, 2.45) is 5.16 Å². The van der Waals surface area contributed by atoms with E-state index in [1.165, 1.54) is 0 Å². The molecule has 0 fully saturated rings. The Morgan fingerprint density at radius 1 is 1.35 bits per heavy atom. The summed E-state index contributed by atoms with van der Waals surface area (Å²) >= 11 is 0. The Morgan fingerprint density at radius 3 is 2.65 bits per heavy atom. The SMILES string of the molecule is O=C(O)C1=NOC(C(=O)NCCc2ccc(O)cc2)C1. The highest BCUT2D eigenvalue weighted by atomic mass is 16.6. The summed E-state index contributed by atoms with van der Waals surface area (Å²) in [5, 5.41) is 23.8. The van der Waals surface area contributed by atoms with Crippen molar-refractivity contribution in [1.29, 1.82) is 0 Å². The minimum atomic E-state index is -1.18. The van der Waals surface area contributed by atoms with E-state index in [0.717, 1.165) is 5.56 Å². The maximum absolute atomic E-state index is 11.7. The molecule has 1 aliphatic rings. The van der Waals surface area contributed by atoms with Gasteiger partial charge in [0.05, 0.1) is 0 Å². The molecule has 0 spiro atoms. The van der Waals surface area contributed by atoms with Gasteiger partial charge in [-0.05, 0) is 24.1 Å². The highest BCUT2D eigenvalue weighted by Crippen LogP contribution is 2.11. The second-order valence-electron chi connectivity index (χ2n) is 4.35. The molecule has 2 rings (SSSR count). The number of phenols is 1. The molecule has 0 aliphatic carbocycles. The zero-order valence-electron chi connectivity index (χ0n) is 10.6.